The molecule has 3 aromatic rings. The summed E-state index contributed by atoms with van der Waals surface area (Å²) in [6.07, 6.45) is 0.827. The van der Waals surface area contributed by atoms with Gasteiger partial charge in [0.05, 0.1) is 23.8 Å². The molecule has 3 rings (SSSR count). The van der Waals surface area contributed by atoms with Crippen molar-refractivity contribution in [1.82, 2.24) is 0 Å². The minimum Gasteiger partial charge on any atom is -0.491 e. The number of anilines is 2. The van der Waals surface area contributed by atoms with Crippen LogP contribution in [0.1, 0.15) is 41.0 Å². The lowest BCUT2D eigenvalue weighted by molar-refractivity contribution is -0.384. The summed E-state index contributed by atoms with van der Waals surface area (Å²) in [4.78, 5) is 36.0. The highest BCUT2D eigenvalue weighted by Gasteiger charge is 2.24. The average Bonchev–Trinajstić information content (AvgIpc) is 3.22. The first-order valence-electron chi connectivity index (χ1n) is 10.2. The number of amides is 1. The van der Waals surface area contributed by atoms with Gasteiger partial charge in [-0.2, -0.15) is 0 Å². The van der Waals surface area contributed by atoms with Gasteiger partial charge in [-0.25, -0.2) is 4.79 Å². The number of rotatable bonds is 9. The van der Waals surface area contributed by atoms with Crippen molar-refractivity contribution < 1.29 is 24.0 Å². The van der Waals surface area contributed by atoms with Crippen molar-refractivity contribution in [3.8, 4) is 16.9 Å². The minimum atomic E-state index is -0.606. The van der Waals surface area contributed by atoms with E-state index in [1.165, 1.54) is 18.2 Å². The van der Waals surface area contributed by atoms with Crippen LogP contribution >= 0.6 is 11.3 Å². The van der Waals surface area contributed by atoms with Crippen molar-refractivity contribution in [2.75, 3.05) is 24.3 Å². The fourth-order valence-corrected chi connectivity index (χ4v) is 3.99. The summed E-state index contributed by atoms with van der Waals surface area (Å²) in [5.41, 5.74) is 7.84. The van der Waals surface area contributed by atoms with E-state index in [1.807, 2.05) is 6.92 Å². The Hall–Kier alpha value is -3.92. The second-order valence-corrected chi connectivity index (χ2v) is 7.81. The van der Waals surface area contributed by atoms with Gasteiger partial charge in [-0.05, 0) is 49.2 Å². The van der Waals surface area contributed by atoms with Crippen LogP contribution in [-0.2, 0) is 4.74 Å². The molecule has 0 unspecified atom stereocenters. The van der Waals surface area contributed by atoms with Crippen LogP contribution in [-0.4, -0.2) is 30.0 Å². The molecule has 33 heavy (non-hydrogen) atoms. The van der Waals surface area contributed by atoms with Crippen molar-refractivity contribution in [3.63, 3.8) is 0 Å². The van der Waals surface area contributed by atoms with Gasteiger partial charge in [0.2, 0.25) is 0 Å². The molecule has 1 aromatic heterocycles. The van der Waals surface area contributed by atoms with E-state index in [2.05, 4.69) is 5.32 Å². The molecule has 0 atom stereocenters. The van der Waals surface area contributed by atoms with E-state index in [0.29, 0.717) is 39.7 Å². The van der Waals surface area contributed by atoms with Gasteiger partial charge in [0, 0.05) is 28.6 Å². The smallest absolute Gasteiger partial charge is 0.341 e. The summed E-state index contributed by atoms with van der Waals surface area (Å²) in [6, 6.07) is 10.5. The standard InChI is InChI=1S/C23H23N3O6S/c1-3-11-32-19-10-7-15(12-18(19)24)21(27)25-22-20(23(28)31-4-2)17(13-33-22)14-5-8-16(9-6-14)26(29)30/h5-10,12-13H,3-4,11,24H2,1-2H3,(H,25,27). The molecule has 2 aromatic carbocycles. The van der Waals surface area contributed by atoms with Crippen LogP contribution in [0.3, 0.4) is 0 Å². The zero-order valence-electron chi connectivity index (χ0n) is 18.1. The number of carbonyl (C=O) groups excluding carboxylic acids is 2. The maximum absolute atomic E-state index is 12.9. The molecule has 0 radical (unpaired) electrons. The summed E-state index contributed by atoms with van der Waals surface area (Å²) >= 11 is 1.15. The average molecular weight is 470 g/mol. The normalized spacial score (nSPS) is 10.5. The zero-order valence-corrected chi connectivity index (χ0v) is 18.9. The quantitative estimate of drug-likeness (QED) is 0.192. The second-order valence-electron chi connectivity index (χ2n) is 6.93. The third kappa shape index (κ3) is 5.47. The van der Waals surface area contributed by atoms with E-state index >= 15 is 0 Å². The fourth-order valence-electron chi connectivity index (χ4n) is 3.04. The number of thiophene rings is 1. The second kappa shape index (κ2) is 10.6. The molecule has 172 valence electrons. The van der Waals surface area contributed by atoms with Crippen LogP contribution in [0.2, 0.25) is 0 Å². The molecule has 0 aliphatic heterocycles. The van der Waals surface area contributed by atoms with E-state index in [0.717, 1.165) is 17.8 Å². The Bertz CT molecular complexity index is 1170. The topological polar surface area (TPSA) is 134 Å². The number of nitrogens with zero attached hydrogens (tertiary/aromatic N) is 1. The number of nitro benzene ring substituents is 1. The maximum atomic E-state index is 12.9. The number of nitrogens with two attached hydrogens (primary N) is 1. The number of hydrogen-bond acceptors (Lipinski definition) is 8. The molecule has 0 bridgehead atoms. The summed E-state index contributed by atoms with van der Waals surface area (Å²) in [5.74, 6) is -0.561. The number of benzene rings is 2. The highest BCUT2D eigenvalue weighted by Crippen LogP contribution is 2.37. The first-order valence-corrected chi connectivity index (χ1v) is 11.1. The third-order valence-corrected chi connectivity index (χ3v) is 5.52. The summed E-state index contributed by atoms with van der Waals surface area (Å²) in [5, 5.41) is 15.7. The number of hydrogen-bond donors (Lipinski definition) is 2. The molecular formula is C23H23N3O6S. The van der Waals surface area contributed by atoms with Gasteiger partial charge >= 0.3 is 5.97 Å². The molecule has 0 saturated heterocycles. The van der Waals surface area contributed by atoms with Crippen LogP contribution in [0.5, 0.6) is 5.75 Å². The largest absolute Gasteiger partial charge is 0.491 e. The van der Waals surface area contributed by atoms with Crippen molar-refractivity contribution >= 4 is 39.6 Å². The first-order chi connectivity index (χ1) is 15.8. The van der Waals surface area contributed by atoms with Crippen molar-refractivity contribution in [1.29, 1.82) is 0 Å². The number of carbonyl (C=O) groups is 2. The van der Waals surface area contributed by atoms with E-state index in [9.17, 15) is 19.7 Å². The molecule has 0 aliphatic carbocycles. The Morgan fingerprint density at radius 1 is 1.15 bits per heavy atom. The van der Waals surface area contributed by atoms with Gasteiger partial charge in [0.15, 0.2) is 0 Å². The fraction of sp³-hybridized carbons (Fsp3) is 0.217. The highest BCUT2D eigenvalue weighted by molar-refractivity contribution is 7.15. The van der Waals surface area contributed by atoms with E-state index < -0.39 is 16.8 Å². The molecular weight excluding hydrogens is 446 g/mol. The lowest BCUT2D eigenvalue weighted by Gasteiger charge is -2.11. The molecule has 0 spiro atoms. The summed E-state index contributed by atoms with van der Waals surface area (Å²) in [7, 11) is 0. The number of esters is 1. The number of ether oxygens (including phenoxy) is 2. The molecule has 0 saturated carbocycles. The number of non-ortho nitro benzene ring substituents is 1. The molecule has 0 aliphatic rings. The van der Waals surface area contributed by atoms with Crippen LogP contribution < -0.4 is 15.8 Å². The Labute approximate surface area is 194 Å². The van der Waals surface area contributed by atoms with Gasteiger partial charge in [-0.1, -0.05) is 6.92 Å². The van der Waals surface area contributed by atoms with Crippen LogP contribution in [0.25, 0.3) is 11.1 Å². The minimum absolute atomic E-state index is 0.0656. The predicted octanol–water partition coefficient (Wildman–Crippen LogP) is 5.12. The van der Waals surface area contributed by atoms with E-state index in [4.69, 9.17) is 15.2 Å². The monoisotopic (exact) mass is 469 g/mol. The van der Waals surface area contributed by atoms with Crippen molar-refractivity contribution in [2.45, 2.75) is 20.3 Å². The molecule has 10 heteroatoms. The molecule has 1 amide bonds. The number of nitro groups is 1. The first kappa shape index (κ1) is 23.7. The van der Waals surface area contributed by atoms with Crippen LogP contribution in [0.4, 0.5) is 16.4 Å². The van der Waals surface area contributed by atoms with Gasteiger partial charge < -0.3 is 20.5 Å². The third-order valence-electron chi connectivity index (χ3n) is 4.62. The van der Waals surface area contributed by atoms with Crippen LogP contribution in [0, 0.1) is 10.1 Å². The van der Waals surface area contributed by atoms with E-state index in [-0.39, 0.29) is 17.9 Å². The van der Waals surface area contributed by atoms with Crippen LogP contribution in [0.15, 0.2) is 47.8 Å². The Balaban J connectivity index is 1.91. The zero-order chi connectivity index (χ0) is 24.0. The van der Waals surface area contributed by atoms with Gasteiger partial charge in [0.25, 0.3) is 11.6 Å². The number of nitrogen functional groups attached to an aromatic ring is 1. The maximum Gasteiger partial charge on any atom is 0.341 e. The lowest BCUT2D eigenvalue weighted by Crippen LogP contribution is -2.15. The lowest BCUT2D eigenvalue weighted by atomic mass is 10.0. The van der Waals surface area contributed by atoms with Crippen molar-refractivity contribution in [2.24, 2.45) is 0 Å². The SMILES string of the molecule is CCCOc1ccc(C(=O)Nc2scc(-c3ccc([N+](=O)[O-])cc3)c2C(=O)OCC)cc1N. The summed E-state index contributed by atoms with van der Waals surface area (Å²) < 4.78 is 10.7. The molecule has 3 N–H and O–H groups in total. The Morgan fingerprint density at radius 3 is 2.48 bits per heavy atom. The summed E-state index contributed by atoms with van der Waals surface area (Å²) in [6.45, 7) is 4.32. The van der Waals surface area contributed by atoms with Gasteiger partial charge in [0.1, 0.15) is 16.3 Å². The number of nitrogens with one attached hydrogen (secondary N) is 1. The highest BCUT2D eigenvalue weighted by atomic mass is 32.1. The van der Waals surface area contributed by atoms with Gasteiger partial charge in [-0.3, -0.25) is 14.9 Å². The van der Waals surface area contributed by atoms with Crippen molar-refractivity contribution in [3.05, 3.63) is 69.1 Å². The predicted molar refractivity (Wildman–Crippen MR) is 127 cm³/mol. The molecule has 1 heterocycles. The molecule has 9 nitrogen and oxygen atoms in total. The Morgan fingerprint density at radius 2 is 1.88 bits per heavy atom. The van der Waals surface area contributed by atoms with E-state index in [1.54, 1.807) is 36.6 Å². The molecule has 0 fully saturated rings. The Kier molecular flexibility index (Phi) is 7.62. The van der Waals surface area contributed by atoms with Gasteiger partial charge in [-0.15, -0.1) is 11.3 Å².